The molecule has 96 valence electrons. The molecule has 0 fully saturated rings. The van der Waals surface area contributed by atoms with E-state index in [9.17, 15) is 0 Å². The van der Waals surface area contributed by atoms with Crippen LogP contribution in [0.5, 0.6) is 0 Å². The third kappa shape index (κ3) is 4.51. The van der Waals surface area contributed by atoms with Gasteiger partial charge in [0.05, 0.1) is 0 Å². The van der Waals surface area contributed by atoms with Crippen molar-refractivity contribution in [2.45, 2.75) is 59.4 Å². The van der Waals surface area contributed by atoms with Crippen LogP contribution in [0.3, 0.4) is 0 Å². The van der Waals surface area contributed by atoms with Gasteiger partial charge in [0.15, 0.2) is 0 Å². The van der Waals surface area contributed by atoms with Crippen molar-refractivity contribution in [1.29, 1.82) is 0 Å². The summed E-state index contributed by atoms with van der Waals surface area (Å²) in [5, 5.41) is 3.56. The lowest BCUT2D eigenvalue weighted by Gasteiger charge is -2.19. The first-order valence-corrected chi connectivity index (χ1v) is 6.85. The normalized spacial score (nSPS) is 14.6. The molecule has 0 aromatic heterocycles. The Kier molecular flexibility index (Phi) is 5.70. The summed E-state index contributed by atoms with van der Waals surface area (Å²) in [6, 6.07) is 7.46. The van der Waals surface area contributed by atoms with E-state index in [1.165, 1.54) is 29.5 Å². The van der Waals surface area contributed by atoms with Gasteiger partial charge in [0, 0.05) is 6.04 Å². The first kappa shape index (κ1) is 14.2. The third-order valence-electron chi connectivity index (χ3n) is 3.55. The van der Waals surface area contributed by atoms with Gasteiger partial charge in [-0.2, -0.15) is 0 Å². The van der Waals surface area contributed by atoms with Crippen molar-refractivity contribution < 1.29 is 0 Å². The van der Waals surface area contributed by atoms with E-state index in [4.69, 9.17) is 0 Å². The van der Waals surface area contributed by atoms with E-state index in [0.717, 1.165) is 6.54 Å². The fourth-order valence-corrected chi connectivity index (χ4v) is 2.21. The Labute approximate surface area is 107 Å². The van der Waals surface area contributed by atoms with Crippen molar-refractivity contribution in [1.82, 2.24) is 5.32 Å². The Morgan fingerprint density at radius 3 is 2.41 bits per heavy atom. The Balaban J connectivity index is 2.57. The molecule has 0 amide bonds. The van der Waals surface area contributed by atoms with E-state index < -0.39 is 0 Å². The molecule has 1 heteroatoms. The summed E-state index contributed by atoms with van der Waals surface area (Å²) in [5.74, 6) is 0.633. The van der Waals surface area contributed by atoms with Crippen LogP contribution in [0.1, 0.15) is 56.2 Å². The molecule has 0 heterocycles. The van der Waals surface area contributed by atoms with Crippen molar-refractivity contribution >= 4 is 0 Å². The predicted molar refractivity (Wildman–Crippen MR) is 76.7 cm³/mol. The molecule has 0 spiro atoms. The predicted octanol–water partition coefficient (Wildman–Crippen LogP) is 4.19. The molecule has 1 aromatic carbocycles. The number of benzene rings is 1. The van der Waals surface area contributed by atoms with E-state index in [1.54, 1.807) is 0 Å². The van der Waals surface area contributed by atoms with Crippen molar-refractivity contribution in [3.05, 3.63) is 34.9 Å². The summed E-state index contributed by atoms with van der Waals surface area (Å²) in [6.45, 7) is 12.3. The zero-order chi connectivity index (χ0) is 12.8. The molecule has 17 heavy (non-hydrogen) atoms. The highest BCUT2D eigenvalue weighted by molar-refractivity contribution is 5.31. The molecule has 0 aliphatic carbocycles. The second-order valence-corrected chi connectivity index (χ2v) is 5.34. The quantitative estimate of drug-likeness (QED) is 0.777. The third-order valence-corrected chi connectivity index (χ3v) is 3.55. The fourth-order valence-electron chi connectivity index (χ4n) is 2.21. The maximum absolute atomic E-state index is 3.56. The average Bonchev–Trinajstić information content (AvgIpc) is 2.30. The second-order valence-electron chi connectivity index (χ2n) is 5.34. The number of hydrogen-bond donors (Lipinski definition) is 1. The Hall–Kier alpha value is -0.820. The average molecular weight is 233 g/mol. The lowest BCUT2D eigenvalue weighted by molar-refractivity contribution is 0.479. The molecule has 1 N–H and O–H groups in total. The van der Waals surface area contributed by atoms with Gasteiger partial charge in [0.25, 0.3) is 0 Å². The van der Waals surface area contributed by atoms with Crippen molar-refractivity contribution in [3.8, 4) is 0 Å². The van der Waals surface area contributed by atoms with Crippen LogP contribution in [0.15, 0.2) is 18.2 Å². The SMILES string of the molecule is CCCNC(C)CC(C)c1ccc(C)c(C)c1. The number of nitrogens with one attached hydrogen (secondary N) is 1. The minimum Gasteiger partial charge on any atom is -0.314 e. The summed E-state index contributed by atoms with van der Waals surface area (Å²) in [6.07, 6.45) is 2.42. The molecular formula is C16H27N. The minimum absolute atomic E-state index is 0.603. The smallest absolute Gasteiger partial charge is 0.00444 e. The number of rotatable bonds is 6. The number of aryl methyl sites for hydroxylation is 2. The molecule has 0 saturated carbocycles. The van der Waals surface area contributed by atoms with E-state index >= 15 is 0 Å². The van der Waals surface area contributed by atoms with Crippen LogP contribution in [0.4, 0.5) is 0 Å². The van der Waals surface area contributed by atoms with Gasteiger partial charge in [-0.3, -0.25) is 0 Å². The lowest BCUT2D eigenvalue weighted by Crippen LogP contribution is -2.28. The summed E-state index contributed by atoms with van der Waals surface area (Å²) in [7, 11) is 0. The Morgan fingerprint density at radius 1 is 1.12 bits per heavy atom. The van der Waals surface area contributed by atoms with E-state index in [2.05, 4.69) is 58.1 Å². The molecule has 2 unspecified atom stereocenters. The topological polar surface area (TPSA) is 12.0 Å². The van der Waals surface area contributed by atoms with Crippen molar-refractivity contribution in [3.63, 3.8) is 0 Å². The summed E-state index contributed by atoms with van der Waals surface area (Å²) >= 11 is 0. The first-order chi connectivity index (χ1) is 8.04. The molecule has 0 aliphatic heterocycles. The van der Waals surface area contributed by atoms with Gasteiger partial charge in [-0.25, -0.2) is 0 Å². The Bertz CT molecular complexity index is 343. The zero-order valence-electron chi connectivity index (χ0n) is 12.0. The summed E-state index contributed by atoms with van der Waals surface area (Å²) in [4.78, 5) is 0. The van der Waals surface area contributed by atoms with Crippen LogP contribution in [0.25, 0.3) is 0 Å². The minimum atomic E-state index is 0.603. The van der Waals surface area contributed by atoms with Crippen LogP contribution in [-0.2, 0) is 0 Å². The highest BCUT2D eigenvalue weighted by Crippen LogP contribution is 2.22. The van der Waals surface area contributed by atoms with E-state index in [0.29, 0.717) is 12.0 Å². The van der Waals surface area contributed by atoms with Gasteiger partial charge in [-0.1, -0.05) is 32.0 Å². The monoisotopic (exact) mass is 233 g/mol. The highest BCUT2D eigenvalue weighted by atomic mass is 14.9. The zero-order valence-corrected chi connectivity index (χ0v) is 12.0. The molecule has 0 radical (unpaired) electrons. The van der Waals surface area contributed by atoms with Crippen LogP contribution >= 0.6 is 0 Å². The van der Waals surface area contributed by atoms with Crippen LogP contribution in [-0.4, -0.2) is 12.6 Å². The first-order valence-electron chi connectivity index (χ1n) is 6.85. The van der Waals surface area contributed by atoms with E-state index in [1.807, 2.05) is 0 Å². The van der Waals surface area contributed by atoms with Crippen molar-refractivity contribution in [2.24, 2.45) is 0 Å². The van der Waals surface area contributed by atoms with Crippen molar-refractivity contribution in [2.75, 3.05) is 6.54 Å². The van der Waals surface area contributed by atoms with Gasteiger partial charge in [0.1, 0.15) is 0 Å². The largest absolute Gasteiger partial charge is 0.314 e. The van der Waals surface area contributed by atoms with Crippen LogP contribution in [0.2, 0.25) is 0 Å². The Morgan fingerprint density at radius 2 is 1.82 bits per heavy atom. The summed E-state index contributed by atoms with van der Waals surface area (Å²) < 4.78 is 0. The maximum atomic E-state index is 3.56. The van der Waals surface area contributed by atoms with Gasteiger partial charge >= 0.3 is 0 Å². The molecule has 1 nitrogen and oxygen atoms in total. The standard InChI is InChI=1S/C16H27N/c1-6-9-17-15(5)10-14(4)16-8-7-12(2)13(3)11-16/h7-8,11,14-15,17H,6,9-10H2,1-5H3. The fraction of sp³-hybridized carbons (Fsp3) is 0.625. The van der Waals surface area contributed by atoms with Crippen LogP contribution in [0, 0.1) is 13.8 Å². The maximum Gasteiger partial charge on any atom is 0.00444 e. The second kappa shape index (κ2) is 6.80. The van der Waals surface area contributed by atoms with E-state index in [-0.39, 0.29) is 0 Å². The number of hydrogen-bond acceptors (Lipinski definition) is 1. The van der Waals surface area contributed by atoms with Gasteiger partial charge in [-0.05, 0) is 62.8 Å². The molecule has 1 rings (SSSR count). The highest BCUT2D eigenvalue weighted by Gasteiger charge is 2.10. The van der Waals surface area contributed by atoms with Crippen LogP contribution < -0.4 is 5.32 Å². The molecular weight excluding hydrogens is 206 g/mol. The molecule has 0 saturated heterocycles. The summed E-state index contributed by atoms with van der Waals surface area (Å²) in [5.41, 5.74) is 4.26. The molecule has 0 aliphatic rings. The molecule has 2 atom stereocenters. The molecule has 1 aromatic rings. The van der Waals surface area contributed by atoms with Gasteiger partial charge in [0.2, 0.25) is 0 Å². The molecule has 0 bridgehead atoms. The van der Waals surface area contributed by atoms with Gasteiger partial charge in [-0.15, -0.1) is 0 Å². The lowest BCUT2D eigenvalue weighted by atomic mass is 9.92. The van der Waals surface area contributed by atoms with Gasteiger partial charge < -0.3 is 5.32 Å².